The van der Waals surface area contributed by atoms with Crippen LogP contribution < -0.4 is 20.5 Å². The smallest absolute Gasteiger partial charge is 0.252 e. The second kappa shape index (κ2) is 11.4. The summed E-state index contributed by atoms with van der Waals surface area (Å²) in [5.41, 5.74) is 9.45. The molecule has 2 aliphatic heterocycles. The van der Waals surface area contributed by atoms with Crippen LogP contribution in [0.25, 0.3) is 11.5 Å². The number of nitriles is 1. The Kier molecular flexibility index (Phi) is 7.43. The molecule has 2 spiro atoms. The fourth-order valence-corrected chi connectivity index (χ4v) is 9.23. The molecular weight excluding hydrogens is 620 g/mol. The quantitative estimate of drug-likeness (QED) is 0.344. The summed E-state index contributed by atoms with van der Waals surface area (Å²) in [6, 6.07) is 7.85. The molecule has 2 aromatic heterocycles. The fourth-order valence-electron chi connectivity index (χ4n) is 9.23. The second-order valence-corrected chi connectivity index (χ2v) is 14.4. The first-order chi connectivity index (χ1) is 23.1. The summed E-state index contributed by atoms with van der Waals surface area (Å²) >= 11 is 0. The number of nitrogens with two attached hydrogens (primary N) is 1. The van der Waals surface area contributed by atoms with Gasteiger partial charge in [0.1, 0.15) is 18.3 Å². The van der Waals surface area contributed by atoms with Crippen LogP contribution in [0.4, 0.5) is 14.5 Å². The van der Waals surface area contributed by atoms with Crippen LogP contribution in [0.3, 0.4) is 0 Å². The van der Waals surface area contributed by atoms with Crippen molar-refractivity contribution >= 4 is 5.69 Å². The van der Waals surface area contributed by atoms with Crippen molar-refractivity contribution in [3.63, 3.8) is 0 Å². The van der Waals surface area contributed by atoms with Gasteiger partial charge in [-0.05, 0) is 76.1 Å². The number of aryl methyl sites for hydroxylation is 1. The summed E-state index contributed by atoms with van der Waals surface area (Å²) in [5, 5.41) is 17.9. The number of likely N-dealkylation sites (tertiary alicyclic amines) is 1. The van der Waals surface area contributed by atoms with Gasteiger partial charge >= 0.3 is 0 Å². The number of aromatic nitrogens is 3. The van der Waals surface area contributed by atoms with Crippen molar-refractivity contribution in [2.75, 3.05) is 33.0 Å². The second-order valence-electron chi connectivity index (χ2n) is 14.4. The maximum absolute atomic E-state index is 13.9. The molecule has 5 atom stereocenters. The van der Waals surface area contributed by atoms with Gasteiger partial charge in [-0.15, -0.1) is 0 Å². The van der Waals surface area contributed by atoms with Crippen molar-refractivity contribution in [2.45, 2.75) is 106 Å². The van der Waals surface area contributed by atoms with Crippen molar-refractivity contribution in [3.8, 4) is 29.3 Å². The first-order valence-corrected chi connectivity index (χ1v) is 17.0. The molecule has 1 saturated carbocycles. The molecule has 5 aliphatic rings. The number of hydrogen-bond donors (Lipinski definition) is 2. The monoisotopic (exact) mass is 661 g/mol. The van der Waals surface area contributed by atoms with E-state index >= 15 is 0 Å². The van der Waals surface area contributed by atoms with Gasteiger partial charge in [0, 0.05) is 44.3 Å². The summed E-state index contributed by atoms with van der Waals surface area (Å²) < 4.78 is 52.7. The zero-order valence-corrected chi connectivity index (χ0v) is 27.5. The van der Waals surface area contributed by atoms with Crippen LogP contribution >= 0.6 is 0 Å². The zero-order chi connectivity index (χ0) is 33.4. The summed E-state index contributed by atoms with van der Waals surface area (Å²) in [5.74, 6) is -1.17. The number of nitrogens with one attached hydrogen (secondary N) is 1. The molecule has 0 bridgehead atoms. The minimum Gasteiger partial charge on any atom is -0.473 e. The number of hydrogen-bond acceptors (Lipinski definition) is 11. The molecule has 48 heavy (non-hydrogen) atoms. The number of likely N-dealkylation sites (N-methyl/N-ethyl adjacent to an activating group) is 1. The number of methoxy groups -OCH3 is 1. The molecule has 0 unspecified atom stereocenters. The topological polar surface area (TPSA) is 145 Å². The first-order valence-electron chi connectivity index (χ1n) is 17.0. The molecule has 0 radical (unpaired) electrons. The van der Waals surface area contributed by atoms with E-state index in [0.29, 0.717) is 35.8 Å². The lowest BCUT2D eigenvalue weighted by Crippen LogP contribution is -2.78. The Morgan fingerprint density at radius 3 is 2.65 bits per heavy atom. The van der Waals surface area contributed by atoms with E-state index < -0.39 is 23.0 Å². The summed E-state index contributed by atoms with van der Waals surface area (Å²) in [7, 11) is 3.76. The molecule has 254 valence electrons. The molecular formula is C35H41F2N7O4. The maximum atomic E-state index is 13.9. The number of fused-ring (bicyclic) bond motifs is 4. The lowest BCUT2D eigenvalue weighted by Gasteiger charge is -2.58. The van der Waals surface area contributed by atoms with E-state index in [-0.39, 0.29) is 42.8 Å². The molecule has 3 aromatic rings. The van der Waals surface area contributed by atoms with Crippen molar-refractivity contribution in [1.82, 2.24) is 25.3 Å². The predicted octanol–water partition coefficient (Wildman–Crippen LogP) is 4.55. The van der Waals surface area contributed by atoms with Gasteiger partial charge in [0.15, 0.2) is 17.3 Å². The molecule has 1 aromatic carbocycles. The fraction of sp³-hybridized carbons (Fsp3) is 0.600. The number of halogens is 2. The Hall–Kier alpha value is -3.86. The minimum atomic E-state index is -2.70. The molecule has 2 saturated heterocycles. The van der Waals surface area contributed by atoms with Gasteiger partial charge in [-0.1, -0.05) is 11.2 Å². The normalized spacial score (nSPS) is 29.0. The van der Waals surface area contributed by atoms with Gasteiger partial charge in [-0.25, -0.2) is 8.78 Å². The number of benzene rings is 1. The summed E-state index contributed by atoms with van der Waals surface area (Å²) in [4.78, 5) is 11.8. The Balaban J connectivity index is 1.18. The Morgan fingerprint density at radius 1 is 1.17 bits per heavy atom. The van der Waals surface area contributed by atoms with Crippen LogP contribution in [0.5, 0.6) is 11.8 Å². The van der Waals surface area contributed by atoms with Gasteiger partial charge in [-0.3, -0.25) is 4.90 Å². The van der Waals surface area contributed by atoms with Gasteiger partial charge < -0.3 is 29.8 Å². The van der Waals surface area contributed by atoms with E-state index in [9.17, 15) is 14.0 Å². The number of nitrogens with zero attached hydrogens (tertiary/aromatic N) is 5. The van der Waals surface area contributed by atoms with Gasteiger partial charge in [0.2, 0.25) is 11.8 Å². The van der Waals surface area contributed by atoms with E-state index in [1.807, 2.05) is 26.1 Å². The van der Waals surface area contributed by atoms with E-state index in [1.165, 1.54) is 0 Å². The standard InChI is InChI=1S/C35H41F2N7O4/c1-19(30-24(45-3)10-13-44(30)2)46-26-14-27(47-25-16-40-34(25)17-35(36,37)18-34)42-32(41-26)29-21-7-5-12-33(31(21)48-43-29)11-4-6-20-8-9-23(39)22(15-38)28(20)33/h8-9,14,19,24-25,30,40H,4-7,10-13,16-18,39H2,1-3H3/t19-,24-,25+,30+,33+/m0/s1. The van der Waals surface area contributed by atoms with Crippen LogP contribution in [0.15, 0.2) is 22.7 Å². The van der Waals surface area contributed by atoms with E-state index in [0.717, 1.165) is 67.5 Å². The lowest BCUT2D eigenvalue weighted by molar-refractivity contribution is -0.193. The number of anilines is 1. The molecule has 4 heterocycles. The highest BCUT2D eigenvalue weighted by Gasteiger charge is 2.65. The van der Waals surface area contributed by atoms with Crippen molar-refractivity contribution < 1.29 is 27.5 Å². The molecule has 8 rings (SSSR count). The average Bonchev–Trinajstić information content (AvgIpc) is 3.66. The van der Waals surface area contributed by atoms with Crippen LogP contribution in [0.2, 0.25) is 0 Å². The third-order valence-electron chi connectivity index (χ3n) is 11.5. The Labute approximate surface area is 278 Å². The van der Waals surface area contributed by atoms with Gasteiger partial charge in [0.25, 0.3) is 5.92 Å². The minimum absolute atomic E-state index is 0.00176. The lowest BCUT2D eigenvalue weighted by atomic mass is 9.61. The number of ether oxygens (including phenoxy) is 3. The largest absolute Gasteiger partial charge is 0.473 e. The maximum Gasteiger partial charge on any atom is 0.252 e. The van der Waals surface area contributed by atoms with Gasteiger partial charge in [-0.2, -0.15) is 15.2 Å². The van der Waals surface area contributed by atoms with E-state index in [4.69, 9.17) is 34.4 Å². The predicted molar refractivity (Wildman–Crippen MR) is 171 cm³/mol. The SMILES string of the molecule is CO[C@H]1CCN(C)[C@@H]1[C@H](C)Oc1cc(O[C@@H]2CNC23CC(F)(F)C3)nc(-c2noc3c2CCC[C@@]32CCCc3ccc(N)c(C#N)c32)n1. The molecule has 3 N–H and O–H groups in total. The van der Waals surface area contributed by atoms with E-state index in [1.54, 1.807) is 13.2 Å². The Morgan fingerprint density at radius 2 is 1.94 bits per heavy atom. The van der Waals surface area contributed by atoms with Crippen molar-refractivity contribution in [3.05, 3.63) is 46.2 Å². The highest BCUT2D eigenvalue weighted by atomic mass is 19.3. The third kappa shape index (κ3) is 4.86. The third-order valence-corrected chi connectivity index (χ3v) is 11.5. The molecule has 3 fully saturated rings. The molecule has 3 aliphatic carbocycles. The van der Waals surface area contributed by atoms with Crippen molar-refractivity contribution in [2.24, 2.45) is 0 Å². The van der Waals surface area contributed by atoms with Crippen LogP contribution in [0.1, 0.15) is 79.9 Å². The number of nitrogen functional groups attached to an aromatic ring is 1. The van der Waals surface area contributed by atoms with Crippen LogP contribution in [-0.4, -0.2) is 83.1 Å². The Bertz CT molecular complexity index is 1780. The van der Waals surface area contributed by atoms with Crippen molar-refractivity contribution in [1.29, 1.82) is 5.26 Å². The molecule has 0 amide bonds. The molecule has 13 heteroatoms. The zero-order valence-electron chi connectivity index (χ0n) is 27.5. The van der Waals surface area contributed by atoms with Crippen LogP contribution in [0, 0.1) is 11.3 Å². The number of alkyl halides is 2. The van der Waals surface area contributed by atoms with Crippen LogP contribution in [-0.2, 0) is 23.0 Å². The summed E-state index contributed by atoms with van der Waals surface area (Å²) in [6.45, 7) is 3.32. The average molecular weight is 662 g/mol. The highest BCUT2D eigenvalue weighted by Crippen LogP contribution is 2.54. The number of rotatable bonds is 7. The highest BCUT2D eigenvalue weighted by molar-refractivity contribution is 5.67. The molecule has 11 nitrogen and oxygen atoms in total. The van der Waals surface area contributed by atoms with E-state index in [2.05, 4.69) is 21.4 Å². The summed E-state index contributed by atoms with van der Waals surface area (Å²) in [6.07, 6.45) is 4.59. The first kappa shape index (κ1) is 31.4. The van der Waals surface area contributed by atoms with Gasteiger partial charge in [0.05, 0.1) is 34.7 Å².